The van der Waals surface area contributed by atoms with Crippen LogP contribution in [0.2, 0.25) is 0 Å². The van der Waals surface area contributed by atoms with Gasteiger partial charge in [-0.15, -0.1) is 0 Å². The lowest BCUT2D eigenvalue weighted by atomic mass is 9.85. The predicted molar refractivity (Wildman–Crippen MR) is 89.0 cm³/mol. The molecule has 0 heterocycles. The molecule has 114 valence electrons. The van der Waals surface area contributed by atoms with Crippen molar-refractivity contribution in [3.63, 3.8) is 0 Å². The van der Waals surface area contributed by atoms with Gasteiger partial charge in [-0.05, 0) is 37.3 Å². The maximum atomic E-state index is 12.8. The number of hydrogen-bond donors (Lipinski definition) is 1. The first-order valence-corrected chi connectivity index (χ1v) is 7.85. The summed E-state index contributed by atoms with van der Waals surface area (Å²) < 4.78 is 5.79. The van der Waals surface area contributed by atoms with Gasteiger partial charge in [-0.2, -0.15) is 0 Å². The third kappa shape index (κ3) is 2.77. The highest BCUT2D eigenvalue weighted by atomic mass is 16.5. The highest BCUT2D eigenvalue weighted by Gasteiger charge is 2.39. The Morgan fingerprint density at radius 1 is 1.18 bits per heavy atom. The van der Waals surface area contributed by atoms with Crippen LogP contribution >= 0.6 is 0 Å². The fourth-order valence-corrected chi connectivity index (χ4v) is 3.07. The van der Waals surface area contributed by atoms with E-state index in [-0.39, 0.29) is 5.97 Å². The van der Waals surface area contributed by atoms with Crippen LogP contribution in [-0.2, 0) is 4.79 Å². The number of benzene rings is 2. The zero-order valence-corrected chi connectivity index (χ0v) is 12.8. The Labute approximate surface area is 131 Å². The zero-order chi connectivity index (χ0) is 15.4. The van der Waals surface area contributed by atoms with Gasteiger partial charge in [0.1, 0.15) is 11.3 Å². The average Bonchev–Trinajstić information content (AvgIpc) is 2.56. The van der Waals surface area contributed by atoms with Crippen LogP contribution in [0.25, 0.3) is 10.8 Å². The number of rotatable bonds is 4. The van der Waals surface area contributed by atoms with E-state index in [1.807, 2.05) is 49.4 Å². The van der Waals surface area contributed by atoms with Gasteiger partial charge in [0, 0.05) is 5.39 Å². The van der Waals surface area contributed by atoms with Gasteiger partial charge >= 0.3 is 5.97 Å². The lowest BCUT2D eigenvalue weighted by molar-refractivity contribution is -0.142. The number of likely N-dealkylation sites (N-methyl/N-ethyl adjacent to an activating group) is 1. The first-order valence-electron chi connectivity index (χ1n) is 7.85. The minimum Gasteiger partial charge on any atom is -0.424 e. The van der Waals surface area contributed by atoms with Gasteiger partial charge in [0.05, 0.1) is 0 Å². The van der Waals surface area contributed by atoms with E-state index >= 15 is 0 Å². The number of esters is 1. The molecule has 0 spiro atoms. The quantitative estimate of drug-likeness (QED) is 0.529. The molecule has 0 aromatic heterocycles. The van der Waals surface area contributed by atoms with Crippen molar-refractivity contribution in [3.8, 4) is 5.75 Å². The molecule has 3 rings (SSSR count). The summed E-state index contributed by atoms with van der Waals surface area (Å²) >= 11 is 0. The Morgan fingerprint density at radius 2 is 2.00 bits per heavy atom. The van der Waals surface area contributed by atoms with Crippen LogP contribution in [0, 0.1) is 0 Å². The maximum Gasteiger partial charge on any atom is 0.332 e. The smallest absolute Gasteiger partial charge is 0.332 e. The van der Waals surface area contributed by atoms with E-state index in [1.165, 1.54) is 0 Å². The summed E-state index contributed by atoms with van der Waals surface area (Å²) in [5, 5.41) is 5.39. The molecule has 1 atom stereocenters. The molecular weight excluding hydrogens is 274 g/mol. The molecule has 0 fully saturated rings. The third-order valence-corrected chi connectivity index (χ3v) is 4.23. The van der Waals surface area contributed by atoms with Crippen molar-refractivity contribution < 1.29 is 9.53 Å². The van der Waals surface area contributed by atoms with Crippen LogP contribution < -0.4 is 10.1 Å². The SMILES string of the molecule is CCN[C@]1(C(=O)Oc2cccc3ccccc23)CC=CCC1. The van der Waals surface area contributed by atoms with Crippen molar-refractivity contribution in [2.45, 2.75) is 31.7 Å². The molecule has 3 nitrogen and oxygen atoms in total. The molecule has 3 heteroatoms. The fraction of sp³-hybridized carbons (Fsp3) is 0.316. The maximum absolute atomic E-state index is 12.8. The fourth-order valence-electron chi connectivity index (χ4n) is 3.07. The summed E-state index contributed by atoms with van der Waals surface area (Å²) in [6.45, 7) is 2.77. The van der Waals surface area contributed by atoms with E-state index in [9.17, 15) is 4.79 Å². The Bertz CT molecular complexity index is 702. The summed E-state index contributed by atoms with van der Waals surface area (Å²) in [5.41, 5.74) is -0.597. The summed E-state index contributed by atoms with van der Waals surface area (Å²) in [5.74, 6) is 0.449. The highest BCUT2D eigenvalue weighted by Crippen LogP contribution is 2.29. The average molecular weight is 295 g/mol. The number of allylic oxidation sites excluding steroid dienone is 1. The highest BCUT2D eigenvalue weighted by molar-refractivity contribution is 5.92. The summed E-state index contributed by atoms with van der Waals surface area (Å²) in [6, 6.07) is 13.8. The molecule has 0 aliphatic heterocycles. The number of hydrogen-bond acceptors (Lipinski definition) is 3. The minimum atomic E-state index is -0.597. The van der Waals surface area contributed by atoms with Crippen LogP contribution in [0.15, 0.2) is 54.6 Å². The van der Waals surface area contributed by atoms with E-state index in [0.29, 0.717) is 12.2 Å². The van der Waals surface area contributed by atoms with Crippen molar-refractivity contribution in [1.29, 1.82) is 0 Å². The second-order valence-corrected chi connectivity index (χ2v) is 5.69. The van der Waals surface area contributed by atoms with Crippen LogP contribution in [0.5, 0.6) is 5.75 Å². The molecule has 0 bridgehead atoms. The summed E-state index contributed by atoms with van der Waals surface area (Å²) in [7, 11) is 0. The molecule has 1 aliphatic carbocycles. The van der Waals surface area contributed by atoms with E-state index in [2.05, 4.69) is 17.5 Å². The summed E-state index contributed by atoms with van der Waals surface area (Å²) in [6.07, 6.45) is 6.56. The number of carbonyl (C=O) groups is 1. The molecule has 0 saturated carbocycles. The van der Waals surface area contributed by atoms with Crippen molar-refractivity contribution in [2.24, 2.45) is 0 Å². The molecule has 2 aromatic carbocycles. The normalized spacial score (nSPS) is 21.0. The van der Waals surface area contributed by atoms with E-state index < -0.39 is 5.54 Å². The molecular formula is C19H21NO2. The number of nitrogens with one attached hydrogen (secondary N) is 1. The van der Waals surface area contributed by atoms with Crippen molar-refractivity contribution in [3.05, 3.63) is 54.6 Å². The zero-order valence-electron chi connectivity index (χ0n) is 12.8. The van der Waals surface area contributed by atoms with E-state index in [4.69, 9.17) is 4.74 Å². The largest absolute Gasteiger partial charge is 0.424 e. The number of ether oxygens (including phenoxy) is 1. The second-order valence-electron chi connectivity index (χ2n) is 5.69. The molecule has 0 saturated heterocycles. The first-order chi connectivity index (χ1) is 10.7. The molecule has 0 unspecified atom stereocenters. The van der Waals surface area contributed by atoms with Gasteiger partial charge in [-0.3, -0.25) is 0 Å². The molecule has 1 aliphatic rings. The standard InChI is InChI=1S/C19H21NO2/c1-2-20-19(13-6-3-7-14-19)18(21)22-17-12-8-10-15-9-4-5-11-16(15)17/h3-6,8-12,20H,2,7,13-14H2,1H3/t19-/m1/s1. The number of carbonyl (C=O) groups excluding carboxylic acids is 1. The van der Waals surface area contributed by atoms with Gasteiger partial charge < -0.3 is 10.1 Å². The van der Waals surface area contributed by atoms with Crippen molar-refractivity contribution in [1.82, 2.24) is 5.32 Å². The Kier molecular flexibility index (Phi) is 4.25. The van der Waals surface area contributed by atoms with Gasteiger partial charge in [0.15, 0.2) is 0 Å². The second kappa shape index (κ2) is 6.32. The number of fused-ring (bicyclic) bond motifs is 1. The molecule has 0 radical (unpaired) electrons. The van der Waals surface area contributed by atoms with Crippen LogP contribution in [0.4, 0.5) is 0 Å². The van der Waals surface area contributed by atoms with Gasteiger partial charge in [0.2, 0.25) is 0 Å². The Morgan fingerprint density at radius 3 is 2.77 bits per heavy atom. The van der Waals surface area contributed by atoms with Crippen LogP contribution in [0.3, 0.4) is 0 Å². The van der Waals surface area contributed by atoms with Gasteiger partial charge in [0.25, 0.3) is 0 Å². The van der Waals surface area contributed by atoms with E-state index in [1.54, 1.807) is 0 Å². The molecule has 0 amide bonds. The van der Waals surface area contributed by atoms with E-state index in [0.717, 1.165) is 30.2 Å². The van der Waals surface area contributed by atoms with Crippen LogP contribution in [0.1, 0.15) is 26.2 Å². The summed E-state index contributed by atoms with van der Waals surface area (Å²) in [4.78, 5) is 12.8. The van der Waals surface area contributed by atoms with Crippen LogP contribution in [-0.4, -0.2) is 18.1 Å². The topological polar surface area (TPSA) is 38.3 Å². The lowest BCUT2D eigenvalue weighted by Crippen LogP contribution is -2.54. The van der Waals surface area contributed by atoms with Gasteiger partial charge in [-0.25, -0.2) is 4.79 Å². The molecule has 2 aromatic rings. The monoisotopic (exact) mass is 295 g/mol. The van der Waals surface area contributed by atoms with Gasteiger partial charge in [-0.1, -0.05) is 55.5 Å². The first kappa shape index (κ1) is 14.8. The minimum absolute atomic E-state index is 0.185. The lowest BCUT2D eigenvalue weighted by Gasteiger charge is -2.33. The molecule has 22 heavy (non-hydrogen) atoms. The third-order valence-electron chi connectivity index (χ3n) is 4.23. The van der Waals surface area contributed by atoms with Crippen molar-refractivity contribution >= 4 is 16.7 Å². The Balaban J connectivity index is 1.90. The predicted octanol–water partition coefficient (Wildman–Crippen LogP) is 3.83. The Hall–Kier alpha value is -2.13. The molecule has 1 N–H and O–H groups in total. The van der Waals surface area contributed by atoms with Crippen molar-refractivity contribution in [2.75, 3.05) is 6.54 Å².